The van der Waals surface area contributed by atoms with Crippen molar-refractivity contribution in [1.82, 2.24) is 5.32 Å². The fraction of sp³-hybridized carbons (Fsp3) is 1.00. The number of thioether (sulfide) groups is 1. The molecule has 0 aromatic rings. The highest BCUT2D eigenvalue weighted by Gasteiger charge is 2.05. The van der Waals surface area contributed by atoms with Crippen molar-refractivity contribution in [3.8, 4) is 0 Å². The van der Waals surface area contributed by atoms with Crippen molar-refractivity contribution >= 4 is 11.8 Å². The number of unbranched alkanes of at least 4 members (excludes halogenated alkanes) is 1. The standard InChI is InChI=1S/C11H25NS/c1-5-7-8-10(3)12-11(4)9-13-6-2/h10-12H,5-9H2,1-4H3. The lowest BCUT2D eigenvalue weighted by Crippen LogP contribution is -2.36. The Labute approximate surface area is 88.1 Å². The normalized spacial score (nSPS) is 15.7. The smallest absolute Gasteiger partial charge is 0.0132 e. The summed E-state index contributed by atoms with van der Waals surface area (Å²) in [7, 11) is 0. The third-order valence-corrected chi connectivity index (χ3v) is 3.28. The third-order valence-electron chi connectivity index (χ3n) is 2.13. The van der Waals surface area contributed by atoms with Crippen LogP contribution < -0.4 is 5.32 Å². The van der Waals surface area contributed by atoms with E-state index in [1.807, 2.05) is 11.8 Å². The monoisotopic (exact) mass is 203 g/mol. The van der Waals surface area contributed by atoms with Crippen LogP contribution >= 0.6 is 11.8 Å². The van der Waals surface area contributed by atoms with Crippen LogP contribution in [0.1, 0.15) is 47.0 Å². The highest BCUT2D eigenvalue weighted by molar-refractivity contribution is 7.99. The van der Waals surface area contributed by atoms with Gasteiger partial charge >= 0.3 is 0 Å². The third kappa shape index (κ3) is 8.63. The molecule has 0 heterocycles. The molecule has 1 N–H and O–H groups in total. The highest BCUT2D eigenvalue weighted by atomic mass is 32.2. The van der Waals surface area contributed by atoms with Crippen molar-refractivity contribution in [3.63, 3.8) is 0 Å². The van der Waals surface area contributed by atoms with Crippen molar-refractivity contribution in [2.75, 3.05) is 11.5 Å². The van der Waals surface area contributed by atoms with Gasteiger partial charge < -0.3 is 5.32 Å². The Kier molecular flexibility index (Phi) is 9.10. The van der Waals surface area contributed by atoms with Gasteiger partial charge in [-0.05, 0) is 26.0 Å². The van der Waals surface area contributed by atoms with Gasteiger partial charge in [-0.15, -0.1) is 0 Å². The molecule has 0 aliphatic heterocycles. The quantitative estimate of drug-likeness (QED) is 0.649. The summed E-state index contributed by atoms with van der Waals surface area (Å²) in [5, 5.41) is 3.63. The lowest BCUT2D eigenvalue weighted by atomic mass is 10.1. The van der Waals surface area contributed by atoms with E-state index in [0.717, 1.165) is 0 Å². The molecule has 0 aliphatic carbocycles. The lowest BCUT2D eigenvalue weighted by molar-refractivity contribution is 0.456. The number of hydrogen-bond acceptors (Lipinski definition) is 2. The van der Waals surface area contributed by atoms with Crippen LogP contribution in [0.3, 0.4) is 0 Å². The SMILES string of the molecule is CCCCC(C)NC(C)CSCC. The molecule has 0 bridgehead atoms. The molecule has 0 spiro atoms. The molecule has 0 saturated carbocycles. The zero-order chi connectivity index (χ0) is 10.1. The van der Waals surface area contributed by atoms with Crippen LogP contribution in [0, 0.1) is 0 Å². The molecule has 2 heteroatoms. The molecule has 2 unspecified atom stereocenters. The maximum atomic E-state index is 3.63. The summed E-state index contributed by atoms with van der Waals surface area (Å²) in [5.74, 6) is 2.47. The van der Waals surface area contributed by atoms with Gasteiger partial charge in [-0.2, -0.15) is 11.8 Å². The van der Waals surface area contributed by atoms with Crippen LogP contribution in [0.4, 0.5) is 0 Å². The Morgan fingerprint density at radius 3 is 2.38 bits per heavy atom. The molecule has 0 saturated heterocycles. The fourth-order valence-electron chi connectivity index (χ4n) is 1.42. The van der Waals surface area contributed by atoms with Crippen molar-refractivity contribution in [3.05, 3.63) is 0 Å². The van der Waals surface area contributed by atoms with Crippen LogP contribution in [0.2, 0.25) is 0 Å². The molecule has 0 rings (SSSR count). The van der Waals surface area contributed by atoms with Gasteiger partial charge in [-0.3, -0.25) is 0 Å². The van der Waals surface area contributed by atoms with Crippen LogP contribution in [-0.2, 0) is 0 Å². The zero-order valence-electron chi connectivity index (χ0n) is 9.60. The Balaban J connectivity index is 3.35. The van der Waals surface area contributed by atoms with E-state index >= 15 is 0 Å². The lowest BCUT2D eigenvalue weighted by Gasteiger charge is -2.19. The molecule has 0 amide bonds. The van der Waals surface area contributed by atoms with E-state index in [2.05, 4.69) is 33.0 Å². The van der Waals surface area contributed by atoms with Gasteiger partial charge in [0.05, 0.1) is 0 Å². The van der Waals surface area contributed by atoms with E-state index in [9.17, 15) is 0 Å². The molecule has 0 aromatic heterocycles. The summed E-state index contributed by atoms with van der Waals surface area (Å²) < 4.78 is 0. The minimum absolute atomic E-state index is 0.664. The van der Waals surface area contributed by atoms with E-state index < -0.39 is 0 Å². The summed E-state index contributed by atoms with van der Waals surface area (Å²) in [4.78, 5) is 0. The molecule has 80 valence electrons. The molecule has 13 heavy (non-hydrogen) atoms. The Morgan fingerprint density at radius 2 is 1.85 bits per heavy atom. The average Bonchev–Trinajstić information content (AvgIpc) is 2.11. The minimum atomic E-state index is 0.664. The molecular formula is C11H25NS. The van der Waals surface area contributed by atoms with Crippen LogP contribution in [0.5, 0.6) is 0 Å². The molecule has 0 radical (unpaired) electrons. The average molecular weight is 203 g/mol. The molecule has 0 aliphatic rings. The van der Waals surface area contributed by atoms with E-state index in [0.29, 0.717) is 12.1 Å². The molecule has 0 fully saturated rings. The van der Waals surface area contributed by atoms with Gasteiger partial charge in [0.1, 0.15) is 0 Å². The summed E-state index contributed by atoms with van der Waals surface area (Å²) >= 11 is 2.02. The Hall–Kier alpha value is 0.310. The predicted octanol–water partition coefficient (Wildman–Crippen LogP) is 3.30. The maximum absolute atomic E-state index is 3.63. The van der Waals surface area contributed by atoms with Crippen molar-refractivity contribution in [2.24, 2.45) is 0 Å². The Morgan fingerprint density at radius 1 is 1.15 bits per heavy atom. The van der Waals surface area contributed by atoms with Crippen LogP contribution in [-0.4, -0.2) is 23.6 Å². The molecule has 0 aromatic carbocycles. The number of nitrogens with one attached hydrogen (secondary N) is 1. The van der Waals surface area contributed by atoms with Gasteiger partial charge in [-0.25, -0.2) is 0 Å². The molecule has 2 atom stereocenters. The minimum Gasteiger partial charge on any atom is -0.311 e. The summed E-state index contributed by atoms with van der Waals surface area (Å²) in [6.07, 6.45) is 3.98. The summed E-state index contributed by atoms with van der Waals surface area (Å²) in [6.45, 7) is 9.05. The van der Waals surface area contributed by atoms with E-state index in [-0.39, 0.29) is 0 Å². The fourth-order valence-corrected chi connectivity index (χ4v) is 2.11. The van der Waals surface area contributed by atoms with E-state index in [1.54, 1.807) is 0 Å². The Bertz CT molecular complexity index is 94.3. The van der Waals surface area contributed by atoms with Gasteiger partial charge in [0, 0.05) is 17.8 Å². The second-order valence-electron chi connectivity index (χ2n) is 3.77. The van der Waals surface area contributed by atoms with E-state index in [1.165, 1.54) is 30.8 Å². The first-order valence-electron chi connectivity index (χ1n) is 5.54. The predicted molar refractivity (Wildman–Crippen MR) is 64.6 cm³/mol. The number of rotatable bonds is 8. The summed E-state index contributed by atoms with van der Waals surface area (Å²) in [5.41, 5.74) is 0. The largest absolute Gasteiger partial charge is 0.311 e. The first-order valence-corrected chi connectivity index (χ1v) is 6.69. The van der Waals surface area contributed by atoms with Gasteiger partial charge in [0.2, 0.25) is 0 Å². The van der Waals surface area contributed by atoms with Gasteiger partial charge in [-0.1, -0.05) is 26.7 Å². The van der Waals surface area contributed by atoms with Gasteiger partial charge in [0.25, 0.3) is 0 Å². The second kappa shape index (κ2) is 8.89. The number of hydrogen-bond donors (Lipinski definition) is 1. The molecular weight excluding hydrogens is 178 g/mol. The van der Waals surface area contributed by atoms with Crippen LogP contribution in [0.15, 0.2) is 0 Å². The first kappa shape index (κ1) is 13.3. The highest BCUT2D eigenvalue weighted by Crippen LogP contribution is 2.05. The van der Waals surface area contributed by atoms with Crippen molar-refractivity contribution in [1.29, 1.82) is 0 Å². The topological polar surface area (TPSA) is 12.0 Å². The van der Waals surface area contributed by atoms with Crippen LogP contribution in [0.25, 0.3) is 0 Å². The summed E-state index contributed by atoms with van der Waals surface area (Å²) in [6, 6.07) is 1.35. The van der Waals surface area contributed by atoms with E-state index in [4.69, 9.17) is 0 Å². The first-order chi connectivity index (χ1) is 6.20. The zero-order valence-corrected chi connectivity index (χ0v) is 10.4. The second-order valence-corrected chi connectivity index (χ2v) is 5.09. The maximum Gasteiger partial charge on any atom is 0.0132 e. The van der Waals surface area contributed by atoms with Crippen molar-refractivity contribution in [2.45, 2.75) is 59.0 Å². The van der Waals surface area contributed by atoms with Crippen molar-refractivity contribution < 1.29 is 0 Å². The molecule has 1 nitrogen and oxygen atoms in total. The van der Waals surface area contributed by atoms with Gasteiger partial charge in [0.15, 0.2) is 0 Å².